The van der Waals surface area contributed by atoms with Crippen molar-refractivity contribution in [1.82, 2.24) is 0 Å². The van der Waals surface area contributed by atoms with Crippen molar-refractivity contribution in [2.75, 3.05) is 7.11 Å². The second-order valence-corrected chi connectivity index (χ2v) is 5.18. The molecule has 0 saturated carbocycles. The van der Waals surface area contributed by atoms with E-state index in [1.54, 1.807) is 25.3 Å². The van der Waals surface area contributed by atoms with E-state index in [0.717, 1.165) is 5.56 Å². The van der Waals surface area contributed by atoms with Gasteiger partial charge in [0.15, 0.2) is 0 Å². The minimum absolute atomic E-state index is 0.375. The maximum Gasteiger partial charge on any atom is 0.137 e. The molecule has 1 N–H and O–H groups in total. The molecule has 0 aliphatic carbocycles. The van der Waals surface area contributed by atoms with E-state index in [1.165, 1.54) is 6.07 Å². The number of halogens is 2. The van der Waals surface area contributed by atoms with Gasteiger partial charge in [0.25, 0.3) is 0 Å². The molecule has 2 rings (SSSR count). The van der Waals surface area contributed by atoms with E-state index in [9.17, 15) is 9.50 Å². The van der Waals surface area contributed by atoms with E-state index in [4.69, 9.17) is 4.74 Å². The average molecular weight is 325 g/mol. The minimum atomic E-state index is -0.919. The molecule has 0 aromatic heterocycles. The van der Waals surface area contributed by atoms with E-state index in [-0.39, 0.29) is 0 Å². The fourth-order valence-corrected chi connectivity index (χ4v) is 2.18. The van der Waals surface area contributed by atoms with Crippen molar-refractivity contribution in [2.45, 2.75) is 13.0 Å². The summed E-state index contributed by atoms with van der Waals surface area (Å²) in [7, 11) is 1.54. The Morgan fingerprint density at radius 3 is 2.58 bits per heavy atom. The van der Waals surface area contributed by atoms with Gasteiger partial charge >= 0.3 is 0 Å². The number of hydrogen-bond donors (Lipinski definition) is 1. The molecule has 0 aliphatic heterocycles. The van der Waals surface area contributed by atoms with Gasteiger partial charge < -0.3 is 9.84 Å². The van der Waals surface area contributed by atoms with Crippen LogP contribution >= 0.6 is 15.9 Å². The zero-order valence-electron chi connectivity index (χ0n) is 10.7. The summed E-state index contributed by atoms with van der Waals surface area (Å²) in [4.78, 5) is 0. The van der Waals surface area contributed by atoms with Gasteiger partial charge in [0.05, 0.1) is 11.6 Å². The Kier molecular flexibility index (Phi) is 4.22. The normalized spacial score (nSPS) is 12.3. The highest BCUT2D eigenvalue weighted by Gasteiger charge is 2.16. The standard InChI is InChI=1S/C15H14BrFO2/c1-9-3-6-14(19-2)11(7-9)15(18)10-4-5-12(16)13(17)8-10/h3-8,15,18H,1-2H3. The number of aliphatic hydroxyl groups excluding tert-OH is 1. The molecule has 0 bridgehead atoms. The maximum atomic E-state index is 13.5. The zero-order chi connectivity index (χ0) is 14.0. The quantitative estimate of drug-likeness (QED) is 0.925. The monoisotopic (exact) mass is 324 g/mol. The number of rotatable bonds is 3. The fourth-order valence-electron chi connectivity index (χ4n) is 1.93. The molecular formula is C15H14BrFO2. The Labute approximate surface area is 120 Å². The molecule has 0 radical (unpaired) electrons. The van der Waals surface area contributed by atoms with Crippen LogP contribution in [0.15, 0.2) is 40.9 Å². The molecule has 1 unspecified atom stereocenters. The van der Waals surface area contributed by atoms with Crippen molar-refractivity contribution >= 4 is 15.9 Å². The summed E-state index contributed by atoms with van der Waals surface area (Å²) in [5, 5.41) is 10.4. The second-order valence-electron chi connectivity index (χ2n) is 4.32. The lowest BCUT2D eigenvalue weighted by Gasteiger charge is -2.16. The first-order valence-corrected chi connectivity index (χ1v) is 6.59. The van der Waals surface area contributed by atoms with E-state index in [0.29, 0.717) is 21.3 Å². The van der Waals surface area contributed by atoms with Gasteiger partial charge in [-0.25, -0.2) is 4.39 Å². The largest absolute Gasteiger partial charge is 0.496 e. The topological polar surface area (TPSA) is 29.5 Å². The molecule has 0 aliphatic rings. The molecule has 2 aromatic rings. The highest BCUT2D eigenvalue weighted by atomic mass is 79.9. The highest BCUT2D eigenvalue weighted by molar-refractivity contribution is 9.10. The third-order valence-electron chi connectivity index (χ3n) is 2.94. The van der Waals surface area contributed by atoms with E-state index < -0.39 is 11.9 Å². The summed E-state index contributed by atoms with van der Waals surface area (Å²) in [6.07, 6.45) is -0.919. The van der Waals surface area contributed by atoms with Crippen LogP contribution in [0.3, 0.4) is 0 Å². The van der Waals surface area contributed by atoms with E-state index >= 15 is 0 Å². The number of aliphatic hydroxyl groups is 1. The molecule has 100 valence electrons. The van der Waals surface area contributed by atoms with Crippen LogP contribution in [-0.4, -0.2) is 12.2 Å². The minimum Gasteiger partial charge on any atom is -0.496 e. The molecule has 2 nitrogen and oxygen atoms in total. The van der Waals surface area contributed by atoms with E-state index in [1.807, 2.05) is 19.1 Å². The smallest absolute Gasteiger partial charge is 0.137 e. The third kappa shape index (κ3) is 2.96. The lowest BCUT2D eigenvalue weighted by Crippen LogP contribution is -2.03. The summed E-state index contributed by atoms with van der Waals surface area (Å²) in [6, 6.07) is 10.1. The molecule has 0 amide bonds. The van der Waals surface area contributed by atoms with Gasteiger partial charge in [-0.1, -0.05) is 17.7 Å². The van der Waals surface area contributed by atoms with Crippen molar-refractivity contribution in [3.8, 4) is 5.75 Å². The first kappa shape index (κ1) is 14.0. The third-order valence-corrected chi connectivity index (χ3v) is 3.58. The number of methoxy groups -OCH3 is 1. The molecule has 1 atom stereocenters. The van der Waals surface area contributed by atoms with Crippen LogP contribution in [0.4, 0.5) is 4.39 Å². The van der Waals surface area contributed by atoms with Crippen molar-refractivity contribution in [3.05, 3.63) is 63.4 Å². The average Bonchev–Trinajstić information content (AvgIpc) is 2.41. The Morgan fingerprint density at radius 2 is 1.95 bits per heavy atom. The predicted molar refractivity (Wildman–Crippen MR) is 75.9 cm³/mol. The van der Waals surface area contributed by atoms with Crippen LogP contribution in [0.25, 0.3) is 0 Å². The van der Waals surface area contributed by atoms with Crippen LogP contribution in [0, 0.1) is 12.7 Å². The first-order chi connectivity index (χ1) is 9.02. The van der Waals surface area contributed by atoms with Crippen LogP contribution in [0.5, 0.6) is 5.75 Å². The number of aryl methyl sites for hydroxylation is 1. The molecule has 2 aromatic carbocycles. The number of ether oxygens (including phenoxy) is 1. The van der Waals surface area contributed by atoms with Crippen molar-refractivity contribution in [3.63, 3.8) is 0 Å². The molecule has 0 heterocycles. The fraction of sp³-hybridized carbons (Fsp3) is 0.200. The van der Waals surface area contributed by atoms with Gasteiger partial charge in [0.2, 0.25) is 0 Å². The van der Waals surface area contributed by atoms with Gasteiger partial charge in [-0.15, -0.1) is 0 Å². The molecule has 19 heavy (non-hydrogen) atoms. The summed E-state index contributed by atoms with van der Waals surface area (Å²) in [5.41, 5.74) is 2.13. The second kappa shape index (κ2) is 5.72. The van der Waals surface area contributed by atoms with Crippen molar-refractivity contribution in [1.29, 1.82) is 0 Å². The molecule has 0 spiro atoms. The van der Waals surface area contributed by atoms with Gasteiger partial charge in [-0.05, 0) is 52.7 Å². The van der Waals surface area contributed by atoms with Gasteiger partial charge in [0, 0.05) is 5.56 Å². The Balaban J connectivity index is 2.45. The Hall–Kier alpha value is -1.39. The Bertz CT molecular complexity index is 599. The molecule has 0 saturated heterocycles. The summed E-state index contributed by atoms with van der Waals surface area (Å²) >= 11 is 3.09. The lowest BCUT2D eigenvalue weighted by atomic mass is 9.99. The number of hydrogen-bond acceptors (Lipinski definition) is 2. The maximum absolute atomic E-state index is 13.5. The van der Waals surface area contributed by atoms with Crippen molar-refractivity contribution in [2.24, 2.45) is 0 Å². The van der Waals surface area contributed by atoms with Gasteiger partial charge in [0.1, 0.15) is 17.7 Å². The van der Waals surface area contributed by atoms with Crippen LogP contribution in [0.2, 0.25) is 0 Å². The number of benzene rings is 2. The Morgan fingerprint density at radius 1 is 1.21 bits per heavy atom. The van der Waals surface area contributed by atoms with Crippen LogP contribution in [0.1, 0.15) is 22.8 Å². The van der Waals surface area contributed by atoms with Crippen LogP contribution in [-0.2, 0) is 0 Å². The first-order valence-electron chi connectivity index (χ1n) is 5.80. The molecule has 4 heteroatoms. The molecule has 0 fully saturated rings. The lowest BCUT2D eigenvalue weighted by molar-refractivity contribution is 0.214. The SMILES string of the molecule is COc1ccc(C)cc1C(O)c1ccc(Br)c(F)c1. The summed E-state index contributed by atoms with van der Waals surface area (Å²) in [5.74, 6) is 0.185. The van der Waals surface area contributed by atoms with Gasteiger partial charge in [-0.3, -0.25) is 0 Å². The van der Waals surface area contributed by atoms with Crippen molar-refractivity contribution < 1.29 is 14.2 Å². The highest BCUT2D eigenvalue weighted by Crippen LogP contribution is 2.32. The summed E-state index contributed by atoms with van der Waals surface area (Å²) < 4.78 is 19.1. The van der Waals surface area contributed by atoms with E-state index in [2.05, 4.69) is 15.9 Å². The summed E-state index contributed by atoms with van der Waals surface area (Å²) in [6.45, 7) is 1.93. The zero-order valence-corrected chi connectivity index (χ0v) is 12.2. The van der Waals surface area contributed by atoms with Crippen LogP contribution < -0.4 is 4.74 Å². The van der Waals surface area contributed by atoms with Gasteiger partial charge in [-0.2, -0.15) is 0 Å². The predicted octanol–water partition coefficient (Wildman–Crippen LogP) is 3.99. The molecular weight excluding hydrogens is 311 g/mol.